The first-order valence-electron chi connectivity index (χ1n) is 3.08. The van der Waals surface area contributed by atoms with Crippen molar-refractivity contribution in [1.29, 1.82) is 0 Å². The number of ether oxygens (including phenoxy) is 1. The number of benzene rings is 1. The van der Waals surface area contributed by atoms with Gasteiger partial charge in [0.05, 0.1) is 17.3 Å². The molecule has 0 saturated carbocycles. The average Bonchev–Trinajstić information content (AvgIpc) is 2.02. The Hall–Kier alpha value is -0.970. The molecule has 3 nitrogen and oxygen atoms in total. The number of nitrogens with two attached hydrogens (primary N) is 1. The maximum absolute atomic E-state index is 13.1. The molecule has 66 valence electrons. The number of methoxy groups -OCH3 is 1. The summed E-state index contributed by atoms with van der Waals surface area (Å²) >= 11 is 2.93. The zero-order valence-corrected chi connectivity index (χ0v) is 7.85. The summed E-state index contributed by atoms with van der Waals surface area (Å²) in [5.74, 6) is -1.29. The van der Waals surface area contributed by atoms with Crippen molar-refractivity contribution in [3.05, 3.63) is 16.4 Å². The number of hydrogen-bond donors (Lipinski definition) is 2. The average molecular weight is 236 g/mol. The molecule has 0 aliphatic rings. The summed E-state index contributed by atoms with van der Waals surface area (Å²) in [6.45, 7) is 0. The molecular weight excluding hydrogens is 229 g/mol. The number of aromatic hydroxyl groups is 1. The topological polar surface area (TPSA) is 55.5 Å². The van der Waals surface area contributed by atoms with Gasteiger partial charge in [0.25, 0.3) is 0 Å². The molecule has 0 aliphatic carbocycles. The van der Waals surface area contributed by atoms with Crippen LogP contribution in [0.3, 0.4) is 0 Å². The highest BCUT2D eigenvalue weighted by molar-refractivity contribution is 9.10. The Balaban J connectivity index is 3.42. The third kappa shape index (κ3) is 1.32. The lowest BCUT2D eigenvalue weighted by Gasteiger charge is -2.07. The van der Waals surface area contributed by atoms with Gasteiger partial charge in [0, 0.05) is 0 Å². The van der Waals surface area contributed by atoms with Crippen LogP contribution in [0.5, 0.6) is 11.5 Å². The van der Waals surface area contributed by atoms with E-state index < -0.39 is 5.82 Å². The molecule has 0 radical (unpaired) electrons. The van der Waals surface area contributed by atoms with E-state index in [0.29, 0.717) is 0 Å². The molecule has 1 aromatic carbocycles. The smallest absolute Gasteiger partial charge is 0.199 e. The summed E-state index contributed by atoms with van der Waals surface area (Å²) in [6.07, 6.45) is 0. The Morgan fingerprint density at radius 1 is 1.67 bits per heavy atom. The highest BCUT2D eigenvalue weighted by atomic mass is 79.9. The molecule has 0 aromatic heterocycles. The zero-order valence-electron chi connectivity index (χ0n) is 6.27. The number of anilines is 1. The number of hydrogen-bond acceptors (Lipinski definition) is 3. The van der Waals surface area contributed by atoms with Crippen LogP contribution in [0.4, 0.5) is 10.1 Å². The van der Waals surface area contributed by atoms with E-state index >= 15 is 0 Å². The maximum atomic E-state index is 13.1. The van der Waals surface area contributed by atoms with Crippen molar-refractivity contribution in [3.8, 4) is 11.5 Å². The lowest BCUT2D eigenvalue weighted by Crippen LogP contribution is -1.94. The minimum Gasteiger partial charge on any atom is -0.503 e. The molecule has 0 fully saturated rings. The van der Waals surface area contributed by atoms with Gasteiger partial charge in [-0.15, -0.1) is 0 Å². The van der Waals surface area contributed by atoms with E-state index in [2.05, 4.69) is 20.7 Å². The number of halogens is 2. The van der Waals surface area contributed by atoms with Crippen LogP contribution in [0.2, 0.25) is 0 Å². The molecule has 0 saturated heterocycles. The van der Waals surface area contributed by atoms with Crippen molar-refractivity contribution < 1.29 is 14.2 Å². The summed E-state index contributed by atoms with van der Waals surface area (Å²) in [4.78, 5) is 0. The molecule has 3 N–H and O–H groups in total. The molecule has 0 unspecified atom stereocenters. The Bertz CT molecular complexity index is 291. The third-order valence-electron chi connectivity index (χ3n) is 1.38. The van der Waals surface area contributed by atoms with Crippen LogP contribution in [-0.4, -0.2) is 12.2 Å². The van der Waals surface area contributed by atoms with E-state index in [-0.39, 0.29) is 21.7 Å². The summed E-state index contributed by atoms with van der Waals surface area (Å²) in [6, 6.07) is 1.27. The molecule has 1 aromatic rings. The van der Waals surface area contributed by atoms with Crippen molar-refractivity contribution in [2.24, 2.45) is 0 Å². The summed E-state index contributed by atoms with van der Waals surface area (Å²) in [5, 5.41) is 9.19. The second-order valence-electron chi connectivity index (χ2n) is 2.14. The number of phenolic OH excluding ortho intramolecular Hbond substituents is 1. The van der Waals surface area contributed by atoms with Gasteiger partial charge in [0.2, 0.25) is 0 Å². The highest BCUT2D eigenvalue weighted by Gasteiger charge is 2.15. The first-order valence-corrected chi connectivity index (χ1v) is 3.87. The van der Waals surface area contributed by atoms with Gasteiger partial charge < -0.3 is 15.6 Å². The van der Waals surface area contributed by atoms with Crippen molar-refractivity contribution in [2.75, 3.05) is 12.8 Å². The van der Waals surface area contributed by atoms with E-state index in [4.69, 9.17) is 5.73 Å². The quantitative estimate of drug-likeness (QED) is 0.578. The molecule has 0 amide bonds. The van der Waals surface area contributed by atoms with E-state index in [9.17, 15) is 9.50 Å². The van der Waals surface area contributed by atoms with Gasteiger partial charge in [-0.05, 0) is 22.0 Å². The third-order valence-corrected chi connectivity index (χ3v) is 1.96. The largest absolute Gasteiger partial charge is 0.503 e. The summed E-state index contributed by atoms with van der Waals surface area (Å²) in [7, 11) is 1.25. The van der Waals surface area contributed by atoms with Crippen molar-refractivity contribution in [1.82, 2.24) is 0 Å². The zero-order chi connectivity index (χ0) is 9.30. The Morgan fingerprint density at radius 3 is 2.75 bits per heavy atom. The fourth-order valence-corrected chi connectivity index (χ4v) is 1.22. The van der Waals surface area contributed by atoms with Gasteiger partial charge >= 0.3 is 0 Å². The number of nitrogen functional groups attached to an aromatic ring is 1. The SMILES string of the molecule is COc1c(O)c(N)cc(Br)c1F. The lowest BCUT2D eigenvalue weighted by molar-refractivity contribution is 0.351. The Labute approximate surface area is 77.1 Å². The van der Waals surface area contributed by atoms with Gasteiger partial charge in [0.1, 0.15) is 0 Å². The van der Waals surface area contributed by atoms with Crippen LogP contribution < -0.4 is 10.5 Å². The molecule has 0 heterocycles. The van der Waals surface area contributed by atoms with Crippen molar-refractivity contribution in [2.45, 2.75) is 0 Å². The van der Waals surface area contributed by atoms with Crippen LogP contribution in [0.25, 0.3) is 0 Å². The minimum absolute atomic E-state index is 0.0696. The van der Waals surface area contributed by atoms with Crippen LogP contribution in [0.15, 0.2) is 10.5 Å². The van der Waals surface area contributed by atoms with Gasteiger partial charge in [0.15, 0.2) is 17.3 Å². The van der Waals surface area contributed by atoms with Crippen molar-refractivity contribution >= 4 is 21.6 Å². The predicted octanol–water partition coefficient (Wildman–Crippen LogP) is 1.88. The van der Waals surface area contributed by atoms with Gasteiger partial charge in [-0.2, -0.15) is 0 Å². The van der Waals surface area contributed by atoms with E-state index in [1.165, 1.54) is 13.2 Å². The summed E-state index contributed by atoms with van der Waals surface area (Å²) in [5.41, 5.74) is 5.41. The highest BCUT2D eigenvalue weighted by Crippen LogP contribution is 2.38. The first-order chi connectivity index (χ1) is 5.57. The molecule has 0 atom stereocenters. The molecule has 0 aliphatic heterocycles. The number of phenols is 1. The molecule has 0 spiro atoms. The van der Waals surface area contributed by atoms with Crippen molar-refractivity contribution in [3.63, 3.8) is 0 Å². The molecular formula is C7H7BrFNO2. The Kier molecular flexibility index (Phi) is 2.42. The molecule has 12 heavy (non-hydrogen) atoms. The van der Waals surface area contributed by atoms with Gasteiger partial charge in [-0.3, -0.25) is 0 Å². The molecule has 0 bridgehead atoms. The number of rotatable bonds is 1. The van der Waals surface area contributed by atoms with Gasteiger partial charge in [-0.25, -0.2) is 4.39 Å². The van der Waals surface area contributed by atoms with E-state index in [1.807, 2.05) is 0 Å². The lowest BCUT2D eigenvalue weighted by atomic mass is 10.2. The molecule has 1 rings (SSSR count). The predicted molar refractivity (Wildman–Crippen MR) is 46.7 cm³/mol. The van der Waals surface area contributed by atoms with Crippen LogP contribution >= 0.6 is 15.9 Å². The fourth-order valence-electron chi connectivity index (χ4n) is 0.798. The fraction of sp³-hybridized carbons (Fsp3) is 0.143. The summed E-state index contributed by atoms with van der Waals surface area (Å²) < 4.78 is 17.8. The van der Waals surface area contributed by atoms with E-state index in [1.54, 1.807) is 0 Å². The normalized spacial score (nSPS) is 9.92. The second-order valence-corrected chi connectivity index (χ2v) is 3.00. The standard InChI is InChI=1S/C7H7BrFNO2/c1-12-7-5(9)3(8)2-4(10)6(7)11/h2,11H,10H2,1H3. The van der Waals surface area contributed by atoms with Crippen LogP contribution in [0.1, 0.15) is 0 Å². The minimum atomic E-state index is -0.663. The first kappa shape index (κ1) is 9.12. The maximum Gasteiger partial charge on any atom is 0.199 e. The van der Waals surface area contributed by atoms with Gasteiger partial charge in [-0.1, -0.05) is 0 Å². The second kappa shape index (κ2) is 3.18. The van der Waals surface area contributed by atoms with Crippen LogP contribution in [0, 0.1) is 5.82 Å². The Morgan fingerprint density at radius 2 is 2.25 bits per heavy atom. The monoisotopic (exact) mass is 235 g/mol. The van der Waals surface area contributed by atoms with E-state index in [0.717, 1.165) is 0 Å². The van der Waals surface area contributed by atoms with Crippen LogP contribution in [-0.2, 0) is 0 Å². The molecule has 5 heteroatoms.